The molecule has 0 saturated heterocycles. The first-order chi connectivity index (χ1) is 11.7. The topological polar surface area (TPSA) is 29.1 Å². The number of fused-ring (bicyclic) bond motifs is 1. The lowest BCUT2D eigenvalue weighted by atomic mass is 9.72. The lowest BCUT2D eigenvalue weighted by Gasteiger charge is -2.28. The van der Waals surface area contributed by atoms with Crippen LogP contribution in [0.4, 0.5) is 5.69 Å². The Bertz CT molecular complexity index is 713. The van der Waals surface area contributed by atoms with E-state index >= 15 is 0 Å². The molecule has 2 aromatic rings. The first-order valence-corrected chi connectivity index (χ1v) is 9.65. The molecule has 1 N–H and O–H groups in total. The maximum Gasteiger partial charge on any atom is 0.239 e. The van der Waals surface area contributed by atoms with Crippen LogP contribution in [0.5, 0.6) is 0 Å². The molecular formula is C21H24BrNO. The third-order valence-corrected chi connectivity index (χ3v) is 5.49. The minimum Gasteiger partial charge on any atom is -0.325 e. The fourth-order valence-electron chi connectivity index (χ4n) is 3.73. The number of benzene rings is 2. The number of unbranched alkanes of at least 4 members (excludes halogenated alkanes) is 4. The van der Waals surface area contributed by atoms with Crippen molar-refractivity contribution < 1.29 is 4.79 Å². The normalized spacial score (nSPS) is 19.2. The van der Waals surface area contributed by atoms with Crippen LogP contribution >= 0.6 is 15.9 Å². The maximum atomic E-state index is 13.1. The van der Waals surface area contributed by atoms with Crippen LogP contribution in [0.1, 0.15) is 56.6 Å². The summed E-state index contributed by atoms with van der Waals surface area (Å²) in [5, 5.41) is 3.11. The Kier molecular flexibility index (Phi) is 5.40. The lowest BCUT2D eigenvalue weighted by Crippen LogP contribution is -2.35. The Morgan fingerprint density at radius 1 is 1.00 bits per heavy atom. The second-order valence-electron chi connectivity index (χ2n) is 6.58. The van der Waals surface area contributed by atoms with E-state index in [1.807, 2.05) is 30.3 Å². The van der Waals surface area contributed by atoms with E-state index in [-0.39, 0.29) is 5.91 Å². The van der Waals surface area contributed by atoms with Gasteiger partial charge in [-0.15, -0.1) is 0 Å². The summed E-state index contributed by atoms with van der Waals surface area (Å²) in [7, 11) is 0. The SMILES string of the molecule is CCCCCCCC1(c2ccccc2)C(=O)Nc2ccc(Br)cc21. The predicted molar refractivity (Wildman–Crippen MR) is 103 cm³/mol. The zero-order valence-electron chi connectivity index (χ0n) is 14.1. The standard InChI is InChI=1S/C21H24BrNO/c1-2-3-4-5-9-14-21(16-10-7-6-8-11-16)18-15-17(22)12-13-19(18)23-20(21)24/h6-8,10-13,15H,2-5,9,14H2,1H3,(H,23,24). The summed E-state index contributed by atoms with van der Waals surface area (Å²) < 4.78 is 1.02. The summed E-state index contributed by atoms with van der Waals surface area (Å²) in [5.41, 5.74) is 2.58. The van der Waals surface area contributed by atoms with Gasteiger partial charge in [-0.05, 0) is 35.7 Å². The Hall–Kier alpha value is -1.61. The van der Waals surface area contributed by atoms with E-state index in [0.29, 0.717) is 0 Å². The van der Waals surface area contributed by atoms with Gasteiger partial charge in [0.05, 0.1) is 0 Å². The maximum absolute atomic E-state index is 13.1. The number of amides is 1. The number of halogens is 1. The van der Waals surface area contributed by atoms with Crippen LogP contribution in [-0.2, 0) is 10.2 Å². The summed E-state index contributed by atoms with van der Waals surface area (Å²) in [6.45, 7) is 2.23. The molecule has 3 rings (SSSR count). The fraction of sp³-hybridized carbons (Fsp3) is 0.381. The molecule has 2 nitrogen and oxygen atoms in total. The highest BCUT2D eigenvalue weighted by atomic mass is 79.9. The number of carbonyl (C=O) groups is 1. The first kappa shape index (κ1) is 17.2. The van der Waals surface area contributed by atoms with Gasteiger partial charge in [0.15, 0.2) is 0 Å². The minimum absolute atomic E-state index is 0.109. The van der Waals surface area contributed by atoms with E-state index in [1.54, 1.807) is 0 Å². The van der Waals surface area contributed by atoms with Crippen molar-refractivity contribution in [3.05, 3.63) is 64.1 Å². The van der Waals surface area contributed by atoms with Crippen LogP contribution in [0, 0.1) is 0 Å². The van der Waals surface area contributed by atoms with Gasteiger partial charge in [0.2, 0.25) is 5.91 Å². The highest BCUT2D eigenvalue weighted by Gasteiger charge is 2.47. The predicted octanol–water partition coefficient (Wildman–Crippen LogP) is 6.05. The fourth-order valence-corrected chi connectivity index (χ4v) is 4.09. The zero-order chi connectivity index (χ0) is 17.0. The van der Waals surface area contributed by atoms with Crippen molar-refractivity contribution in [1.82, 2.24) is 0 Å². The van der Waals surface area contributed by atoms with Crippen molar-refractivity contribution in [2.45, 2.75) is 50.9 Å². The number of rotatable bonds is 7. The van der Waals surface area contributed by atoms with Gasteiger partial charge in [0, 0.05) is 10.2 Å². The Morgan fingerprint density at radius 3 is 2.50 bits per heavy atom. The van der Waals surface area contributed by atoms with Crippen LogP contribution < -0.4 is 5.32 Å². The van der Waals surface area contributed by atoms with E-state index in [4.69, 9.17) is 0 Å². The molecule has 1 heterocycles. The third-order valence-electron chi connectivity index (χ3n) is 5.00. The van der Waals surface area contributed by atoms with Gasteiger partial charge >= 0.3 is 0 Å². The molecule has 1 aliphatic heterocycles. The van der Waals surface area contributed by atoms with Crippen molar-refractivity contribution in [3.63, 3.8) is 0 Å². The molecule has 1 amide bonds. The molecule has 126 valence electrons. The van der Waals surface area contributed by atoms with Gasteiger partial charge < -0.3 is 5.32 Å². The molecule has 0 fully saturated rings. The van der Waals surface area contributed by atoms with Crippen molar-refractivity contribution in [1.29, 1.82) is 0 Å². The largest absolute Gasteiger partial charge is 0.325 e. The molecule has 2 aromatic carbocycles. The second-order valence-corrected chi connectivity index (χ2v) is 7.50. The molecule has 1 aliphatic rings. The molecule has 0 saturated carbocycles. The third kappa shape index (κ3) is 3.14. The van der Waals surface area contributed by atoms with Gasteiger partial charge in [-0.1, -0.05) is 85.3 Å². The van der Waals surface area contributed by atoms with E-state index in [2.05, 4.69) is 46.4 Å². The molecule has 0 bridgehead atoms. The number of nitrogens with one attached hydrogen (secondary N) is 1. The molecule has 0 radical (unpaired) electrons. The summed E-state index contributed by atoms with van der Waals surface area (Å²) in [6, 6.07) is 16.3. The molecule has 1 atom stereocenters. The van der Waals surface area contributed by atoms with Crippen LogP contribution in [0.2, 0.25) is 0 Å². The van der Waals surface area contributed by atoms with Crippen LogP contribution in [0.15, 0.2) is 53.0 Å². The average Bonchev–Trinajstić information content (AvgIpc) is 2.88. The molecule has 3 heteroatoms. The van der Waals surface area contributed by atoms with Crippen LogP contribution in [0.3, 0.4) is 0 Å². The van der Waals surface area contributed by atoms with E-state index in [1.165, 1.54) is 25.7 Å². The molecular weight excluding hydrogens is 362 g/mol. The summed E-state index contributed by atoms with van der Waals surface area (Å²) in [5.74, 6) is 0.109. The van der Waals surface area contributed by atoms with Crippen molar-refractivity contribution in [2.75, 3.05) is 5.32 Å². The van der Waals surface area contributed by atoms with Crippen molar-refractivity contribution >= 4 is 27.5 Å². The van der Waals surface area contributed by atoms with Crippen molar-refractivity contribution in [2.24, 2.45) is 0 Å². The minimum atomic E-state index is -0.563. The number of hydrogen-bond donors (Lipinski definition) is 1. The van der Waals surface area contributed by atoms with Crippen LogP contribution in [-0.4, -0.2) is 5.91 Å². The quantitative estimate of drug-likeness (QED) is 0.577. The summed E-state index contributed by atoms with van der Waals surface area (Å²) in [4.78, 5) is 13.1. The average molecular weight is 386 g/mol. The first-order valence-electron chi connectivity index (χ1n) is 8.85. The second kappa shape index (κ2) is 7.52. The van der Waals surface area contributed by atoms with Crippen LogP contribution in [0.25, 0.3) is 0 Å². The molecule has 0 aromatic heterocycles. The molecule has 0 aliphatic carbocycles. The highest BCUT2D eigenvalue weighted by Crippen LogP contribution is 2.47. The van der Waals surface area contributed by atoms with Crippen molar-refractivity contribution in [3.8, 4) is 0 Å². The van der Waals surface area contributed by atoms with Gasteiger partial charge in [0.25, 0.3) is 0 Å². The Labute approximate surface area is 152 Å². The lowest BCUT2D eigenvalue weighted by molar-refractivity contribution is -0.119. The smallest absolute Gasteiger partial charge is 0.239 e. The summed E-state index contributed by atoms with van der Waals surface area (Å²) in [6.07, 6.45) is 6.85. The van der Waals surface area contributed by atoms with E-state index in [0.717, 1.165) is 34.1 Å². The molecule has 0 spiro atoms. The number of carbonyl (C=O) groups excluding carboxylic acids is 1. The van der Waals surface area contributed by atoms with E-state index in [9.17, 15) is 4.79 Å². The van der Waals surface area contributed by atoms with Gasteiger partial charge in [-0.25, -0.2) is 0 Å². The van der Waals surface area contributed by atoms with E-state index < -0.39 is 5.41 Å². The Balaban J connectivity index is 1.98. The molecule has 1 unspecified atom stereocenters. The van der Waals surface area contributed by atoms with Gasteiger partial charge in [0.1, 0.15) is 5.41 Å². The zero-order valence-corrected chi connectivity index (χ0v) is 15.7. The van der Waals surface area contributed by atoms with Gasteiger partial charge in [-0.2, -0.15) is 0 Å². The number of hydrogen-bond acceptors (Lipinski definition) is 1. The molecule has 24 heavy (non-hydrogen) atoms. The summed E-state index contributed by atoms with van der Waals surface area (Å²) >= 11 is 3.57. The van der Waals surface area contributed by atoms with Gasteiger partial charge in [-0.3, -0.25) is 4.79 Å². The highest BCUT2D eigenvalue weighted by molar-refractivity contribution is 9.10. The monoisotopic (exact) mass is 385 g/mol. The Morgan fingerprint density at radius 2 is 1.75 bits per heavy atom. The number of anilines is 1.